The first-order valence-electron chi connectivity index (χ1n) is 12.3. The zero-order valence-electron chi connectivity index (χ0n) is 20.3. The zero-order chi connectivity index (χ0) is 24.5. The molecule has 1 atom stereocenters. The Bertz CT molecular complexity index is 1060. The molecule has 1 N–H and O–H groups in total. The number of carboxylic acids is 1. The molecule has 186 valence electrons. The SMILES string of the molecule is CSCCCOC1C=CC2=C(COCc3ccc(COc4ccc(CCCC(=O)O)cc4)cc32)C1. The number of allylic oxidation sites excluding steroid dienone is 2. The van der Waals surface area contributed by atoms with Gasteiger partial charge in [-0.1, -0.05) is 36.4 Å². The maximum atomic E-state index is 10.7. The van der Waals surface area contributed by atoms with Crippen molar-refractivity contribution in [2.45, 2.75) is 51.4 Å². The van der Waals surface area contributed by atoms with Gasteiger partial charge in [0, 0.05) is 19.4 Å². The van der Waals surface area contributed by atoms with Crippen molar-refractivity contribution >= 4 is 23.3 Å². The maximum absolute atomic E-state index is 10.7. The van der Waals surface area contributed by atoms with Crippen LogP contribution in [0, 0.1) is 0 Å². The number of aliphatic carboxylic acids is 1. The molecule has 1 unspecified atom stereocenters. The second kappa shape index (κ2) is 13.0. The molecule has 0 fully saturated rings. The lowest BCUT2D eigenvalue weighted by molar-refractivity contribution is -0.137. The van der Waals surface area contributed by atoms with Gasteiger partial charge >= 0.3 is 5.97 Å². The summed E-state index contributed by atoms with van der Waals surface area (Å²) in [5.74, 6) is 1.19. The Morgan fingerprint density at radius 2 is 1.94 bits per heavy atom. The maximum Gasteiger partial charge on any atom is 0.303 e. The molecule has 6 heteroatoms. The van der Waals surface area contributed by atoms with Crippen LogP contribution in [0.15, 0.2) is 60.2 Å². The Hall–Kier alpha value is -2.54. The van der Waals surface area contributed by atoms with Gasteiger partial charge in [-0.15, -0.1) is 0 Å². The fourth-order valence-corrected chi connectivity index (χ4v) is 4.86. The molecule has 35 heavy (non-hydrogen) atoms. The van der Waals surface area contributed by atoms with Crippen LogP contribution in [0.25, 0.3) is 5.57 Å². The average Bonchev–Trinajstić information content (AvgIpc) is 3.04. The summed E-state index contributed by atoms with van der Waals surface area (Å²) in [6.45, 7) is 2.53. The number of hydrogen-bond acceptors (Lipinski definition) is 5. The van der Waals surface area contributed by atoms with E-state index in [4.69, 9.17) is 19.3 Å². The van der Waals surface area contributed by atoms with Crippen LogP contribution >= 0.6 is 11.8 Å². The molecule has 0 aromatic heterocycles. The van der Waals surface area contributed by atoms with Crippen LogP contribution in [0.4, 0.5) is 0 Å². The van der Waals surface area contributed by atoms with E-state index in [0.29, 0.717) is 26.2 Å². The lowest BCUT2D eigenvalue weighted by atomic mass is 9.89. The Morgan fingerprint density at radius 1 is 1.11 bits per heavy atom. The Kier molecular flexibility index (Phi) is 9.46. The van der Waals surface area contributed by atoms with Crippen molar-refractivity contribution in [3.8, 4) is 5.75 Å². The monoisotopic (exact) mass is 494 g/mol. The van der Waals surface area contributed by atoms with Gasteiger partial charge in [-0.05, 0) is 82.9 Å². The number of aryl methyl sites for hydroxylation is 1. The first-order chi connectivity index (χ1) is 17.1. The third-order valence-corrected chi connectivity index (χ3v) is 7.01. The standard InChI is InChI=1S/C29H34O5S/c1-35-15-3-14-33-26-12-13-27-24(17-26)20-32-19-23-9-6-22(16-28(23)27)18-34-25-10-7-21(8-11-25)4-2-5-29(30)31/h6-13,16,26H,2-5,14-15,17-20H2,1H3,(H,30,31). The second-order valence-corrected chi connectivity index (χ2v) is 9.99. The normalized spacial score (nSPS) is 17.0. The first kappa shape index (κ1) is 25.5. The van der Waals surface area contributed by atoms with Crippen molar-refractivity contribution in [3.63, 3.8) is 0 Å². The quantitative estimate of drug-likeness (QED) is 0.362. The minimum Gasteiger partial charge on any atom is -0.489 e. The van der Waals surface area contributed by atoms with Gasteiger partial charge < -0.3 is 19.3 Å². The highest BCUT2D eigenvalue weighted by molar-refractivity contribution is 7.98. The summed E-state index contributed by atoms with van der Waals surface area (Å²) in [4.78, 5) is 10.7. The second-order valence-electron chi connectivity index (χ2n) is 9.00. The number of ether oxygens (including phenoxy) is 3. The number of carboxylic acid groups (broad SMARTS) is 1. The van der Waals surface area contributed by atoms with E-state index in [9.17, 15) is 4.79 Å². The molecule has 5 nitrogen and oxygen atoms in total. The summed E-state index contributed by atoms with van der Waals surface area (Å²) in [5, 5.41) is 8.79. The van der Waals surface area contributed by atoms with Gasteiger partial charge in [-0.2, -0.15) is 11.8 Å². The van der Waals surface area contributed by atoms with Crippen molar-refractivity contribution in [1.29, 1.82) is 0 Å². The van der Waals surface area contributed by atoms with Gasteiger partial charge in [0.15, 0.2) is 0 Å². The Balaban J connectivity index is 1.37. The predicted octanol–water partition coefficient (Wildman–Crippen LogP) is 6.05. The van der Waals surface area contributed by atoms with Crippen LogP contribution in [-0.4, -0.2) is 42.4 Å². The summed E-state index contributed by atoms with van der Waals surface area (Å²) >= 11 is 1.85. The zero-order valence-corrected chi connectivity index (χ0v) is 21.1. The van der Waals surface area contributed by atoms with Crippen molar-refractivity contribution < 1.29 is 24.1 Å². The number of rotatable bonds is 12. The molecule has 1 heterocycles. The largest absolute Gasteiger partial charge is 0.489 e. The molecule has 2 aromatic rings. The third-order valence-electron chi connectivity index (χ3n) is 6.31. The van der Waals surface area contributed by atoms with Crippen molar-refractivity contribution in [2.24, 2.45) is 0 Å². The Morgan fingerprint density at radius 3 is 2.74 bits per heavy atom. The van der Waals surface area contributed by atoms with Crippen LogP contribution in [0.5, 0.6) is 5.75 Å². The van der Waals surface area contributed by atoms with Gasteiger partial charge in [0.05, 0.1) is 19.3 Å². The van der Waals surface area contributed by atoms with Crippen molar-refractivity contribution in [1.82, 2.24) is 0 Å². The molecular formula is C29H34O5S. The van der Waals surface area contributed by atoms with E-state index < -0.39 is 5.97 Å². The number of benzene rings is 2. The number of hydrogen-bond donors (Lipinski definition) is 1. The molecule has 1 aliphatic heterocycles. The van der Waals surface area contributed by atoms with Crippen LogP contribution in [0.2, 0.25) is 0 Å². The van der Waals surface area contributed by atoms with Gasteiger partial charge in [0.1, 0.15) is 12.4 Å². The van der Waals surface area contributed by atoms with E-state index in [1.165, 1.54) is 22.3 Å². The van der Waals surface area contributed by atoms with Crippen molar-refractivity contribution in [3.05, 3.63) is 82.4 Å². The highest BCUT2D eigenvalue weighted by Gasteiger charge is 2.22. The van der Waals surface area contributed by atoms with Gasteiger partial charge in [0.2, 0.25) is 0 Å². The van der Waals surface area contributed by atoms with Crippen LogP contribution in [0.1, 0.15) is 47.9 Å². The smallest absolute Gasteiger partial charge is 0.303 e. The Labute approximate surface area is 212 Å². The molecular weight excluding hydrogens is 460 g/mol. The van der Waals surface area contributed by atoms with E-state index in [2.05, 4.69) is 36.6 Å². The molecule has 0 bridgehead atoms. The van der Waals surface area contributed by atoms with Gasteiger partial charge in [0.25, 0.3) is 0 Å². The number of thioether (sulfide) groups is 1. The number of fused-ring (bicyclic) bond motifs is 2. The highest BCUT2D eigenvalue weighted by atomic mass is 32.2. The highest BCUT2D eigenvalue weighted by Crippen LogP contribution is 2.34. The van der Waals surface area contributed by atoms with Gasteiger partial charge in [-0.25, -0.2) is 0 Å². The van der Waals surface area contributed by atoms with Crippen LogP contribution < -0.4 is 4.74 Å². The molecule has 2 aliphatic rings. The summed E-state index contributed by atoms with van der Waals surface area (Å²) < 4.78 is 18.1. The van der Waals surface area contributed by atoms with E-state index in [1.54, 1.807) is 0 Å². The van der Waals surface area contributed by atoms with E-state index in [0.717, 1.165) is 48.5 Å². The summed E-state index contributed by atoms with van der Waals surface area (Å²) in [5.41, 5.74) is 7.23. The summed E-state index contributed by atoms with van der Waals surface area (Å²) in [6, 6.07) is 14.4. The summed E-state index contributed by atoms with van der Waals surface area (Å²) in [7, 11) is 0. The minimum atomic E-state index is -0.751. The van der Waals surface area contributed by atoms with Gasteiger partial charge in [-0.3, -0.25) is 4.79 Å². The lowest BCUT2D eigenvalue weighted by Crippen LogP contribution is -2.17. The number of carbonyl (C=O) groups is 1. The molecule has 2 aromatic carbocycles. The molecule has 1 aliphatic carbocycles. The molecule has 0 saturated heterocycles. The minimum absolute atomic E-state index is 0.124. The molecule has 0 spiro atoms. The summed E-state index contributed by atoms with van der Waals surface area (Å²) in [6.07, 6.45) is 10.2. The van der Waals surface area contributed by atoms with Crippen molar-refractivity contribution in [2.75, 3.05) is 25.2 Å². The topological polar surface area (TPSA) is 65.0 Å². The molecule has 0 amide bonds. The fourth-order valence-electron chi connectivity index (χ4n) is 4.45. The molecule has 4 rings (SSSR count). The average molecular weight is 495 g/mol. The van der Waals surface area contributed by atoms with E-state index in [-0.39, 0.29) is 12.5 Å². The van der Waals surface area contributed by atoms with E-state index in [1.807, 2.05) is 36.0 Å². The fraction of sp³-hybridized carbons (Fsp3) is 0.414. The lowest BCUT2D eigenvalue weighted by Gasteiger charge is -2.22. The molecule has 0 radical (unpaired) electrons. The van der Waals surface area contributed by atoms with E-state index >= 15 is 0 Å². The molecule has 0 saturated carbocycles. The van der Waals surface area contributed by atoms with Crippen LogP contribution in [0.3, 0.4) is 0 Å². The predicted molar refractivity (Wildman–Crippen MR) is 141 cm³/mol. The first-order valence-corrected chi connectivity index (χ1v) is 13.7. The van der Waals surface area contributed by atoms with Crippen LogP contribution in [-0.2, 0) is 33.9 Å². The third kappa shape index (κ3) is 7.47.